The molecule has 0 radical (unpaired) electrons. The van der Waals surface area contributed by atoms with E-state index in [1.807, 2.05) is 37.3 Å². The number of nitriles is 1. The molecule has 0 saturated carbocycles. The Hall–Kier alpha value is -4.38. The van der Waals surface area contributed by atoms with Crippen LogP contribution in [0.4, 0.5) is 5.69 Å². The zero-order valence-electron chi connectivity index (χ0n) is 19.4. The molecule has 0 amide bonds. The third kappa shape index (κ3) is 5.15. The minimum absolute atomic E-state index is 0.0324. The lowest BCUT2D eigenvalue weighted by Gasteiger charge is -2.20. The standard InChI is InChI=1S/C26H26N4O4/c1-4-29(5-2)19-10-7-18(8-11-19)9-16-22-23(17-27)25(31)30(28-24(22)26(32)33)20-12-14-21(15-13-20)34-6-3/h7-16H,4-6H2,1-3H3,(H,32,33)/b16-9-. The van der Waals surface area contributed by atoms with Crippen LogP contribution >= 0.6 is 0 Å². The van der Waals surface area contributed by atoms with Crippen molar-refractivity contribution in [2.24, 2.45) is 0 Å². The van der Waals surface area contributed by atoms with Crippen molar-refractivity contribution in [3.8, 4) is 17.5 Å². The van der Waals surface area contributed by atoms with E-state index in [1.165, 1.54) is 6.08 Å². The van der Waals surface area contributed by atoms with Gasteiger partial charge in [-0.05, 0) is 62.7 Å². The molecule has 0 unspecified atom stereocenters. The summed E-state index contributed by atoms with van der Waals surface area (Å²) in [6.45, 7) is 8.26. The van der Waals surface area contributed by atoms with Crippen LogP contribution in [0.3, 0.4) is 0 Å². The number of aromatic nitrogens is 2. The van der Waals surface area contributed by atoms with Crippen LogP contribution in [0.25, 0.3) is 17.8 Å². The summed E-state index contributed by atoms with van der Waals surface area (Å²) in [5.74, 6) is -0.738. The van der Waals surface area contributed by atoms with Crippen LogP contribution in [-0.4, -0.2) is 40.6 Å². The Morgan fingerprint density at radius 2 is 1.74 bits per heavy atom. The summed E-state index contributed by atoms with van der Waals surface area (Å²) in [6.07, 6.45) is 3.11. The fourth-order valence-electron chi connectivity index (χ4n) is 3.56. The molecule has 3 aromatic rings. The molecule has 0 aliphatic rings. The van der Waals surface area contributed by atoms with Crippen molar-refractivity contribution in [3.05, 3.63) is 81.3 Å². The summed E-state index contributed by atoms with van der Waals surface area (Å²) < 4.78 is 6.32. The maximum absolute atomic E-state index is 13.0. The normalized spacial score (nSPS) is 10.8. The molecule has 8 heteroatoms. The number of nitrogens with zero attached hydrogens (tertiary/aromatic N) is 4. The van der Waals surface area contributed by atoms with E-state index in [4.69, 9.17) is 4.74 Å². The van der Waals surface area contributed by atoms with Gasteiger partial charge < -0.3 is 14.7 Å². The molecule has 2 aromatic carbocycles. The fourth-order valence-corrected chi connectivity index (χ4v) is 3.56. The van der Waals surface area contributed by atoms with Gasteiger partial charge in [0.05, 0.1) is 12.3 Å². The Kier molecular flexibility index (Phi) is 7.83. The quantitative estimate of drug-likeness (QED) is 0.511. The highest BCUT2D eigenvalue weighted by Crippen LogP contribution is 2.20. The van der Waals surface area contributed by atoms with Crippen LogP contribution in [0.2, 0.25) is 0 Å². The number of hydrogen-bond acceptors (Lipinski definition) is 6. The van der Waals surface area contributed by atoms with Crippen molar-refractivity contribution in [2.45, 2.75) is 20.8 Å². The molecule has 1 N–H and O–H groups in total. The predicted molar refractivity (Wildman–Crippen MR) is 132 cm³/mol. The van der Waals surface area contributed by atoms with Crippen molar-refractivity contribution in [2.75, 3.05) is 24.6 Å². The van der Waals surface area contributed by atoms with Gasteiger partial charge in [0.1, 0.15) is 17.4 Å². The topological polar surface area (TPSA) is 108 Å². The number of benzene rings is 2. The smallest absolute Gasteiger partial charge is 0.357 e. The van der Waals surface area contributed by atoms with E-state index < -0.39 is 11.5 Å². The number of aromatic carboxylic acids is 1. The van der Waals surface area contributed by atoms with E-state index in [1.54, 1.807) is 30.3 Å². The summed E-state index contributed by atoms with van der Waals surface area (Å²) >= 11 is 0. The lowest BCUT2D eigenvalue weighted by Crippen LogP contribution is -2.28. The van der Waals surface area contributed by atoms with Gasteiger partial charge in [-0.2, -0.15) is 15.0 Å². The van der Waals surface area contributed by atoms with Gasteiger partial charge in [-0.25, -0.2) is 4.79 Å². The molecule has 0 fully saturated rings. The number of carboxylic acids is 1. The largest absolute Gasteiger partial charge is 0.494 e. The molecule has 34 heavy (non-hydrogen) atoms. The van der Waals surface area contributed by atoms with Crippen LogP contribution in [0.15, 0.2) is 53.3 Å². The first-order valence-corrected chi connectivity index (χ1v) is 11.0. The van der Waals surface area contributed by atoms with E-state index in [2.05, 4.69) is 23.8 Å². The minimum Gasteiger partial charge on any atom is -0.494 e. The van der Waals surface area contributed by atoms with Gasteiger partial charge in [-0.15, -0.1) is 0 Å². The van der Waals surface area contributed by atoms with Crippen molar-refractivity contribution < 1.29 is 14.6 Å². The first-order valence-electron chi connectivity index (χ1n) is 11.0. The molecule has 0 aliphatic heterocycles. The van der Waals surface area contributed by atoms with Crippen LogP contribution in [0.1, 0.15) is 48.0 Å². The van der Waals surface area contributed by atoms with Crippen LogP contribution in [0.5, 0.6) is 5.75 Å². The van der Waals surface area contributed by atoms with Gasteiger partial charge in [0.2, 0.25) is 0 Å². The molecule has 0 atom stereocenters. The molecule has 174 valence electrons. The van der Waals surface area contributed by atoms with E-state index in [0.29, 0.717) is 18.0 Å². The summed E-state index contributed by atoms with van der Waals surface area (Å²) in [7, 11) is 0. The van der Waals surface area contributed by atoms with Crippen molar-refractivity contribution in [1.82, 2.24) is 9.78 Å². The Morgan fingerprint density at radius 1 is 1.09 bits per heavy atom. The van der Waals surface area contributed by atoms with Crippen molar-refractivity contribution in [3.63, 3.8) is 0 Å². The zero-order chi connectivity index (χ0) is 24.7. The molecule has 0 aliphatic carbocycles. The van der Waals surface area contributed by atoms with Crippen molar-refractivity contribution >= 4 is 23.8 Å². The van der Waals surface area contributed by atoms with Gasteiger partial charge in [0.25, 0.3) is 5.56 Å². The molecular formula is C26H26N4O4. The summed E-state index contributed by atoms with van der Waals surface area (Å²) in [5, 5.41) is 23.5. The maximum atomic E-state index is 13.0. The van der Waals surface area contributed by atoms with E-state index in [-0.39, 0.29) is 16.8 Å². The highest BCUT2D eigenvalue weighted by Gasteiger charge is 2.21. The third-order valence-electron chi connectivity index (χ3n) is 5.30. The second kappa shape index (κ2) is 11.0. The van der Waals surface area contributed by atoms with Crippen LogP contribution < -0.4 is 15.2 Å². The van der Waals surface area contributed by atoms with Gasteiger partial charge in [0, 0.05) is 24.3 Å². The van der Waals surface area contributed by atoms with Crippen molar-refractivity contribution in [1.29, 1.82) is 5.26 Å². The molecule has 0 bridgehead atoms. The van der Waals surface area contributed by atoms with Gasteiger partial charge in [0.15, 0.2) is 5.69 Å². The minimum atomic E-state index is -1.34. The van der Waals surface area contributed by atoms with Gasteiger partial charge in [-0.1, -0.05) is 24.3 Å². The number of hydrogen-bond donors (Lipinski definition) is 1. The van der Waals surface area contributed by atoms with Gasteiger partial charge in [-0.3, -0.25) is 4.79 Å². The van der Waals surface area contributed by atoms with E-state index in [9.17, 15) is 20.0 Å². The Labute approximate surface area is 198 Å². The number of carbonyl (C=O) groups is 1. The lowest BCUT2D eigenvalue weighted by molar-refractivity contribution is 0.0688. The number of carboxylic acid groups (broad SMARTS) is 1. The Balaban J connectivity index is 2.04. The van der Waals surface area contributed by atoms with Crippen LogP contribution in [0, 0.1) is 11.3 Å². The highest BCUT2D eigenvalue weighted by atomic mass is 16.5. The van der Waals surface area contributed by atoms with Gasteiger partial charge >= 0.3 is 5.97 Å². The van der Waals surface area contributed by atoms with Crippen LogP contribution in [-0.2, 0) is 0 Å². The molecule has 1 aromatic heterocycles. The molecule has 1 heterocycles. The highest BCUT2D eigenvalue weighted by molar-refractivity contribution is 5.92. The average Bonchev–Trinajstić information content (AvgIpc) is 2.85. The SMILES string of the molecule is CCOc1ccc(-n2nc(C(=O)O)c(/C=C\c3ccc(N(CC)CC)cc3)c(C#N)c2=O)cc1. The average molecular weight is 459 g/mol. The first-order chi connectivity index (χ1) is 16.4. The molecule has 8 nitrogen and oxygen atoms in total. The Bertz CT molecular complexity index is 1280. The monoisotopic (exact) mass is 458 g/mol. The second-order valence-corrected chi connectivity index (χ2v) is 7.30. The number of rotatable bonds is 9. The first kappa shape index (κ1) is 24.3. The lowest BCUT2D eigenvalue weighted by atomic mass is 10.1. The molecule has 3 rings (SSSR count). The fraction of sp³-hybridized carbons (Fsp3) is 0.231. The molecule has 0 saturated heterocycles. The Morgan fingerprint density at radius 3 is 2.26 bits per heavy atom. The third-order valence-corrected chi connectivity index (χ3v) is 5.30. The summed E-state index contributed by atoms with van der Waals surface area (Å²) in [6, 6.07) is 16.0. The summed E-state index contributed by atoms with van der Waals surface area (Å²) in [5.41, 5.74) is 0.786. The number of anilines is 1. The number of ether oxygens (including phenoxy) is 1. The van der Waals surface area contributed by atoms with E-state index in [0.717, 1.165) is 29.0 Å². The second-order valence-electron chi connectivity index (χ2n) is 7.30. The predicted octanol–water partition coefficient (Wildman–Crippen LogP) is 4.22. The van der Waals surface area contributed by atoms with E-state index >= 15 is 0 Å². The maximum Gasteiger partial charge on any atom is 0.357 e. The molecule has 0 spiro atoms. The molecular weight excluding hydrogens is 432 g/mol. The zero-order valence-corrected chi connectivity index (χ0v) is 19.4. The summed E-state index contributed by atoms with van der Waals surface area (Å²) in [4.78, 5) is 27.2.